The van der Waals surface area contributed by atoms with E-state index in [-0.39, 0.29) is 18.1 Å². The number of benzene rings is 3. The minimum absolute atomic E-state index is 0.0309. The number of H-pyrrole nitrogens is 1. The molecule has 1 atom stereocenters. The van der Waals surface area contributed by atoms with Gasteiger partial charge < -0.3 is 10.3 Å². The van der Waals surface area contributed by atoms with Crippen LogP contribution in [-0.2, 0) is 17.8 Å². The van der Waals surface area contributed by atoms with Crippen LogP contribution in [-0.4, -0.2) is 32.9 Å². The molecule has 0 saturated heterocycles. The minimum Gasteiger partial charge on any atom is -0.360 e. The number of nitrogens with zero attached hydrogens (tertiary/aromatic N) is 2. The Labute approximate surface area is 216 Å². The van der Waals surface area contributed by atoms with Crippen LogP contribution in [0.5, 0.6) is 0 Å². The third-order valence-corrected chi connectivity index (χ3v) is 6.58. The molecule has 0 aliphatic rings. The number of aromatic nitrogens is 3. The maximum Gasteiger partial charge on any atom is 0.186 e. The average Bonchev–Trinajstić information content (AvgIpc) is 3.54. The third-order valence-electron chi connectivity index (χ3n) is 6.58. The van der Waals surface area contributed by atoms with Gasteiger partial charge in [0.15, 0.2) is 11.6 Å². The van der Waals surface area contributed by atoms with Crippen molar-refractivity contribution in [2.24, 2.45) is 0 Å². The van der Waals surface area contributed by atoms with Crippen molar-refractivity contribution in [2.75, 3.05) is 6.54 Å². The highest BCUT2D eigenvalue weighted by Crippen LogP contribution is 2.29. The van der Waals surface area contributed by atoms with Gasteiger partial charge in [-0.25, -0.2) is 0 Å². The molecular weight excluding hydrogens is 460 g/mol. The van der Waals surface area contributed by atoms with Gasteiger partial charge in [-0.15, -0.1) is 0 Å². The molecule has 0 fully saturated rings. The molecular formula is C31H30N4O2. The fraction of sp³-hybridized carbons (Fsp3) is 0.194. The molecule has 0 aliphatic carbocycles. The van der Waals surface area contributed by atoms with Crippen molar-refractivity contribution < 1.29 is 9.59 Å². The molecule has 0 aliphatic heterocycles. The van der Waals surface area contributed by atoms with Gasteiger partial charge in [-0.3, -0.25) is 14.3 Å². The Bertz CT molecular complexity index is 1530. The van der Waals surface area contributed by atoms with Crippen LogP contribution in [0.25, 0.3) is 22.0 Å². The molecule has 0 amide bonds. The largest absolute Gasteiger partial charge is 0.360 e. The second-order valence-corrected chi connectivity index (χ2v) is 9.49. The second kappa shape index (κ2) is 10.8. The zero-order valence-electron chi connectivity index (χ0n) is 21.1. The van der Waals surface area contributed by atoms with Crippen LogP contribution in [0.4, 0.5) is 0 Å². The first-order valence-corrected chi connectivity index (χ1v) is 12.5. The van der Waals surface area contributed by atoms with Gasteiger partial charge in [0.05, 0.1) is 18.8 Å². The molecule has 2 N–H and O–H groups in total. The third kappa shape index (κ3) is 5.60. The number of hydrogen-bond acceptors (Lipinski definition) is 4. The molecule has 186 valence electrons. The van der Waals surface area contributed by atoms with E-state index in [2.05, 4.69) is 46.6 Å². The van der Waals surface area contributed by atoms with Crippen molar-refractivity contribution in [2.45, 2.75) is 32.9 Å². The molecule has 6 heteroatoms. The fourth-order valence-electron chi connectivity index (χ4n) is 4.62. The zero-order chi connectivity index (χ0) is 25.8. The SMILES string of the molecule is CC(=O)Cn1cc(-c2ccc3c(C(=O)[C@@H](NCCc4ccc(C)cc4)c4ccccc4)c[nH]c3c2)cn1. The van der Waals surface area contributed by atoms with Gasteiger partial charge in [0.1, 0.15) is 0 Å². The molecule has 0 radical (unpaired) electrons. The quantitative estimate of drug-likeness (QED) is 0.247. The molecule has 37 heavy (non-hydrogen) atoms. The van der Waals surface area contributed by atoms with E-state index in [1.807, 2.05) is 54.7 Å². The molecule has 2 aromatic heterocycles. The maximum atomic E-state index is 13.8. The Morgan fingerprint density at radius 3 is 2.54 bits per heavy atom. The number of nitrogens with one attached hydrogen (secondary N) is 2. The lowest BCUT2D eigenvalue weighted by atomic mass is 9.96. The number of Topliss-reactive ketones (excluding diaryl/α,β-unsaturated/α-hetero) is 2. The Balaban J connectivity index is 1.38. The Hall–Kier alpha value is -4.29. The summed E-state index contributed by atoms with van der Waals surface area (Å²) in [6.07, 6.45) is 6.25. The predicted molar refractivity (Wildman–Crippen MR) is 147 cm³/mol. The summed E-state index contributed by atoms with van der Waals surface area (Å²) in [5.74, 6) is 0.0847. The zero-order valence-corrected chi connectivity index (χ0v) is 21.1. The van der Waals surface area contributed by atoms with E-state index >= 15 is 0 Å². The average molecular weight is 491 g/mol. The van der Waals surface area contributed by atoms with E-state index in [0.29, 0.717) is 12.1 Å². The highest BCUT2D eigenvalue weighted by atomic mass is 16.1. The highest BCUT2D eigenvalue weighted by Gasteiger charge is 2.24. The maximum absolute atomic E-state index is 13.8. The minimum atomic E-state index is -0.449. The van der Waals surface area contributed by atoms with Crippen molar-refractivity contribution in [3.63, 3.8) is 0 Å². The van der Waals surface area contributed by atoms with E-state index in [1.165, 1.54) is 11.1 Å². The molecule has 0 bridgehead atoms. The van der Waals surface area contributed by atoms with Crippen molar-refractivity contribution in [1.82, 2.24) is 20.1 Å². The number of carbonyl (C=O) groups is 2. The van der Waals surface area contributed by atoms with Gasteiger partial charge in [-0.05, 0) is 43.0 Å². The van der Waals surface area contributed by atoms with Crippen molar-refractivity contribution >= 4 is 22.5 Å². The molecule has 2 heterocycles. The first-order chi connectivity index (χ1) is 18.0. The number of fused-ring (bicyclic) bond motifs is 1. The van der Waals surface area contributed by atoms with Gasteiger partial charge in [-0.2, -0.15) is 5.10 Å². The van der Waals surface area contributed by atoms with Gasteiger partial charge in [0.25, 0.3) is 0 Å². The van der Waals surface area contributed by atoms with E-state index in [4.69, 9.17) is 0 Å². The molecule has 0 saturated carbocycles. The fourth-order valence-corrected chi connectivity index (χ4v) is 4.62. The monoisotopic (exact) mass is 490 g/mol. The summed E-state index contributed by atoms with van der Waals surface area (Å²) in [5, 5.41) is 8.67. The van der Waals surface area contributed by atoms with Crippen LogP contribution < -0.4 is 5.32 Å². The molecule has 6 nitrogen and oxygen atoms in total. The normalized spacial score (nSPS) is 12.1. The summed E-state index contributed by atoms with van der Waals surface area (Å²) < 4.78 is 1.64. The van der Waals surface area contributed by atoms with Gasteiger partial charge in [0, 0.05) is 41.0 Å². The van der Waals surface area contributed by atoms with Crippen LogP contribution >= 0.6 is 0 Å². The van der Waals surface area contributed by atoms with E-state index < -0.39 is 6.04 Å². The number of rotatable bonds is 10. The lowest BCUT2D eigenvalue weighted by Gasteiger charge is -2.18. The van der Waals surface area contributed by atoms with Crippen LogP contribution in [0.15, 0.2) is 91.4 Å². The molecule has 0 spiro atoms. The van der Waals surface area contributed by atoms with E-state index in [1.54, 1.807) is 24.0 Å². The summed E-state index contributed by atoms with van der Waals surface area (Å²) in [7, 11) is 0. The van der Waals surface area contributed by atoms with Crippen LogP contribution in [0.1, 0.15) is 40.0 Å². The second-order valence-electron chi connectivity index (χ2n) is 9.49. The lowest BCUT2D eigenvalue weighted by molar-refractivity contribution is -0.117. The number of ketones is 2. The summed E-state index contributed by atoms with van der Waals surface area (Å²) in [5.41, 5.74) is 6.85. The van der Waals surface area contributed by atoms with Crippen LogP contribution in [0.3, 0.4) is 0 Å². The van der Waals surface area contributed by atoms with Gasteiger partial charge in [-0.1, -0.05) is 72.3 Å². The summed E-state index contributed by atoms with van der Waals surface area (Å²) in [6.45, 7) is 4.56. The predicted octanol–water partition coefficient (Wildman–Crippen LogP) is 5.69. The van der Waals surface area contributed by atoms with Crippen molar-refractivity contribution in [3.05, 3.63) is 114 Å². The first kappa shape index (κ1) is 24.4. The molecule has 3 aromatic carbocycles. The number of aromatic amines is 1. The van der Waals surface area contributed by atoms with Crippen molar-refractivity contribution in [1.29, 1.82) is 0 Å². The van der Waals surface area contributed by atoms with Gasteiger partial charge in [0.2, 0.25) is 0 Å². The van der Waals surface area contributed by atoms with Crippen LogP contribution in [0.2, 0.25) is 0 Å². The summed E-state index contributed by atoms with van der Waals surface area (Å²) >= 11 is 0. The first-order valence-electron chi connectivity index (χ1n) is 12.5. The smallest absolute Gasteiger partial charge is 0.186 e. The number of carbonyl (C=O) groups excluding carboxylic acids is 2. The molecule has 5 aromatic rings. The van der Waals surface area contributed by atoms with E-state index in [0.717, 1.165) is 34.0 Å². The number of hydrogen-bond donors (Lipinski definition) is 2. The summed E-state index contributed by atoms with van der Waals surface area (Å²) in [4.78, 5) is 28.5. The van der Waals surface area contributed by atoms with Gasteiger partial charge >= 0.3 is 0 Å². The molecule has 5 rings (SSSR count). The van der Waals surface area contributed by atoms with Crippen molar-refractivity contribution in [3.8, 4) is 11.1 Å². The number of aryl methyl sites for hydroxylation is 1. The topological polar surface area (TPSA) is 79.8 Å². The lowest BCUT2D eigenvalue weighted by Crippen LogP contribution is -2.30. The molecule has 0 unspecified atom stereocenters. The Morgan fingerprint density at radius 2 is 1.78 bits per heavy atom. The Kier molecular flexibility index (Phi) is 7.10. The standard InChI is InChI=1S/C31H30N4O2/c1-21-8-10-23(11-9-21)14-15-32-30(24-6-4-3-5-7-24)31(37)28-18-33-29-16-25(12-13-27(28)29)26-17-34-35(20-26)19-22(2)36/h3-13,16-18,20,30,32-33H,14-15,19H2,1-2H3/t30-/m0/s1. The Morgan fingerprint density at radius 1 is 1.00 bits per heavy atom. The summed E-state index contributed by atoms with van der Waals surface area (Å²) in [6, 6.07) is 23.9. The highest BCUT2D eigenvalue weighted by molar-refractivity contribution is 6.11. The van der Waals surface area contributed by atoms with E-state index in [9.17, 15) is 9.59 Å². The van der Waals surface area contributed by atoms with Crippen LogP contribution in [0, 0.1) is 6.92 Å².